The fraction of sp³-hybridized carbons (Fsp3) is 0.235. The molecule has 0 unspecified atom stereocenters. The molecule has 1 aliphatic rings. The van der Waals surface area contributed by atoms with E-state index in [0.717, 1.165) is 34.5 Å². The van der Waals surface area contributed by atoms with Gasteiger partial charge in [-0.25, -0.2) is 0 Å². The smallest absolute Gasteiger partial charge is 0.258 e. The SMILES string of the molecule is Cc1ccc(C(=O)N2CCc3c(N)cccc32)cc1C. The van der Waals surface area contributed by atoms with E-state index in [1.54, 1.807) is 0 Å². The van der Waals surface area contributed by atoms with Crippen LogP contribution in [0.5, 0.6) is 0 Å². The molecule has 3 rings (SSSR count). The first-order valence-electron chi connectivity index (χ1n) is 6.84. The molecule has 20 heavy (non-hydrogen) atoms. The van der Waals surface area contributed by atoms with Gasteiger partial charge in [-0.15, -0.1) is 0 Å². The molecule has 0 spiro atoms. The minimum atomic E-state index is 0.0532. The molecule has 102 valence electrons. The Balaban J connectivity index is 1.97. The minimum absolute atomic E-state index is 0.0532. The molecule has 0 aliphatic carbocycles. The second-order valence-corrected chi connectivity index (χ2v) is 5.35. The van der Waals surface area contributed by atoms with E-state index < -0.39 is 0 Å². The lowest BCUT2D eigenvalue weighted by atomic mass is 10.1. The van der Waals surface area contributed by atoms with E-state index >= 15 is 0 Å². The van der Waals surface area contributed by atoms with E-state index in [-0.39, 0.29) is 5.91 Å². The van der Waals surface area contributed by atoms with Gasteiger partial charge in [-0.2, -0.15) is 0 Å². The summed E-state index contributed by atoms with van der Waals surface area (Å²) in [7, 11) is 0. The number of hydrogen-bond acceptors (Lipinski definition) is 2. The maximum Gasteiger partial charge on any atom is 0.258 e. The van der Waals surface area contributed by atoms with Gasteiger partial charge in [-0.1, -0.05) is 12.1 Å². The zero-order valence-electron chi connectivity index (χ0n) is 11.8. The predicted octanol–water partition coefficient (Wildman–Crippen LogP) is 3.09. The number of nitrogen functional groups attached to an aromatic ring is 1. The van der Waals surface area contributed by atoms with Crippen molar-refractivity contribution in [2.75, 3.05) is 17.2 Å². The highest BCUT2D eigenvalue weighted by Gasteiger charge is 2.26. The van der Waals surface area contributed by atoms with E-state index in [1.165, 1.54) is 5.56 Å². The number of anilines is 2. The van der Waals surface area contributed by atoms with Crippen molar-refractivity contribution in [2.24, 2.45) is 0 Å². The zero-order chi connectivity index (χ0) is 14.3. The van der Waals surface area contributed by atoms with Crippen LogP contribution in [-0.4, -0.2) is 12.5 Å². The van der Waals surface area contributed by atoms with Crippen molar-refractivity contribution in [1.82, 2.24) is 0 Å². The van der Waals surface area contributed by atoms with Crippen molar-refractivity contribution in [3.8, 4) is 0 Å². The Morgan fingerprint density at radius 3 is 2.70 bits per heavy atom. The van der Waals surface area contributed by atoms with Crippen LogP contribution in [0.3, 0.4) is 0 Å². The van der Waals surface area contributed by atoms with Crippen LogP contribution < -0.4 is 10.6 Å². The van der Waals surface area contributed by atoms with Gasteiger partial charge in [0.1, 0.15) is 0 Å². The van der Waals surface area contributed by atoms with E-state index in [1.807, 2.05) is 48.2 Å². The molecule has 1 amide bonds. The summed E-state index contributed by atoms with van der Waals surface area (Å²) in [5.74, 6) is 0.0532. The molecule has 2 aromatic carbocycles. The molecule has 0 bridgehead atoms. The summed E-state index contributed by atoms with van der Waals surface area (Å²) in [6.07, 6.45) is 0.832. The van der Waals surface area contributed by atoms with E-state index in [4.69, 9.17) is 5.73 Å². The summed E-state index contributed by atoms with van der Waals surface area (Å²) in [6.45, 7) is 4.78. The van der Waals surface area contributed by atoms with Gasteiger partial charge in [-0.05, 0) is 55.7 Å². The maximum atomic E-state index is 12.7. The molecule has 2 N–H and O–H groups in total. The molecular weight excluding hydrogens is 248 g/mol. The van der Waals surface area contributed by atoms with Crippen molar-refractivity contribution in [1.29, 1.82) is 0 Å². The molecule has 2 aromatic rings. The number of nitrogens with zero attached hydrogens (tertiary/aromatic N) is 1. The topological polar surface area (TPSA) is 46.3 Å². The third kappa shape index (κ3) is 1.95. The van der Waals surface area contributed by atoms with Gasteiger partial charge in [0.2, 0.25) is 0 Å². The minimum Gasteiger partial charge on any atom is -0.398 e. The average molecular weight is 266 g/mol. The first-order chi connectivity index (χ1) is 9.58. The lowest BCUT2D eigenvalue weighted by molar-refractivity contribution is 0.0989. The molecule has 1 heterocycles. The third-order valence-electron chi connectivity index (χ3n) is 4.06. The van der Waals surface area contributed by atoms with Gasteiger partial charge < -0.3 is 10.6 Å². The van der Waals surface area contributed by atoms with Crippen molar-refractivity contribution >= 4 is 17.3 Å². The number of aryl methyl sites for hydroxylation is 2. The molecular formula is C17H18N2O. The molecule has 0 saturated heterocycles. The van der Waals surface area contributed by atoms with Crippen LogP contribution in [0.15, 0.2) is 36.4 Å². The van der Waals surface area contributed by atoms with Crippen molar-refractivity contribution in [3.05, 3.63) is 58.7 Å². The van der Waals surface area contributed by atoms with Gasteiger partial charge in [0.15, 0.2) is 0 Å². The first kappa shape index (κ1) is 12.7. The number of fused-ring (bicyclic) bond motifs is 1. The highest BCUT2D eigenvalue weighted by atomic mass is 16.2. The van der Waals surface area contributed by atoms with E-state index in [9.17, 15) is 4.79 Å². The number of amides is 1. The molecule has 1 aliphatic heterocycles. The van der Waals surface area contributed by atoms with Gasteiger partial charge in [0.05, 0.1) is 0 Å². The summed E-state index contributed by atoms with van der Waals surface area (Å²) >= 11 is 0. The highest BCUT2D eigenvalue weighted by molar-refractivity contribution is 6.07. The van der Waals surface area contributed by atoms with Gasteiger partial charge in [0.25, 0.3) is 5.91 Å². The van der Waals surface area contributed by atoms with Gasteiger partial charge >= 0.3 is 0 Å². The normalized spacial score (nSPS) is 13.4. The van der Waals surface area contributed by atoms with Crippen LogP contribution in [0.2, 0.25) is 0 Å². The maximum absolute atomic E-state index is 12.7. The average Bonchev–Trinajstić information content (AvgIpc) is 2.86. The standard InChI is InChI=1S/C17H18N2O/c1-11-6-7-13(10-12(11)2)17(20)19-9-8-14-15(18)4-3-5-16(14)19/h3-7,10H,8-9,18H2,1-2H3. The molecule has 3 nitrogen and oxygen atoms in total. The summed E-state index contributed by atoms with van der Waals surface area (Å²) in [5, 5.41) is 0. The zero-order valence-corrected chi connectivity index (χ0v) is 11.8. The Bertz CT molecular complexity index is 691. The summed E-state index contributed by atoms with van der Waals surface area (Å²) in [5.41, 5.74) is 11.9. The molecule has 0 fully saturated rings. The Morgan fingerprint density at radius 2 is 1.95 bits per heavy atom. The van der Waals surface area contributed by atoms with Gasteiger partial charge in [0, 0.05) is 29.0 Å². The Kier molecular flexibility index (Phi) is 2.97. The second kappa shape index (κ2) is 4.67. The van der Waals surface area contributed by atoms with Crippen LogP contribution in [0.1, 0.15) is 27.0 Å². The molecule has 0 aromatic heterocycles. The second-order valence-electron chi connectivity index (χ2n) is 5.35. The predicted molar refractivity (Wildman–Crippen MR) is 82.2 cm³/mol. The van der Waals surface area contributed by atoms with Gasteiger partial charge in [-0.3, -0.25) is 4.79 Å². The number of rotatable bonds is 1. The summed E-state index contributed by atoms with van der Waals surface area (Å²) < 4.78 is 0. The number of benzene rings is 2. The van der Waals surface area contributed by atoms with Crippen LogP contribution in [0, 0.1) is 13.8 Å². The van der Waals surface area contributed by atoms with Crippen molar-refractivity contribution in [3.63, 3.8) is 0 Å². The number of hydrogen-bond donors (Lipinski definition) is 1. The Morgan fingerprint density at radius 1 is 1.15 bits per heavy atom. The van der Waals surface area contributed by atoms with Crippen LogP contribution in [0.25, 0.3) is 0 Å². The monoisotopic (exact) mass is 266 g/mol. The van der Waals surface area contributed by atoms with E-state index in [0.29, 0.717) is 6.54 Å². The summed E-state index contributed by atoms with van der Waals surface area (Å²) in [6, 6.07) is 11.6. The van der Waals surface area contributed by atoms with Crippen LogP contribution >= 0.6 is 0 Å². The molecule has 0 radical (unpaired) electrons. The fourth-order valence-electron chi connectivity index (χ4n) is 2.70. The first-order valence-corrected chi connectivity index (χ1v) is 6.84. The van der Waals surface area contributed by atoms with Crippen LogP contribution in [0.4, 0.5) is 11.4 Å². The van der Waals surface area contributed by atoms with E-state index in [2.05, 4.69) is 6.92 Å². The lowest BCUT2D eigenvalue weighted by Crippen LogP contribution is -2.28. The summed E-state index contributed by atoms with van der Waals surface area (Å²) in [4.78, 5) is 14.5. The number of carbonyl (C=O) groups excluding carboxylic acids is 1. The Hall–Kier alpha value is -2.29. The third-order valence-corrected chi connectivity index (χ3v) is 4.06. The number of carbonyl (C=O) groups is 1. The molecule has 0 saturated carbocycles. The van der Waals surface area contributed by atoms with Crippen molar-refractivity contribution < 1.29 is 4.79 Å². The van der Waals surface area contributed by atoms with Crippen molar-refractivity contribution in [2.45, 2.75) is 20.3 Å². The number of nitrogens with two attached hydrogens (primary N) is 1. The largest absolute Gasteiger partial charge is 0.398 e. The molecule has 3 heteroatoms. The Labute approximate surface area is 119 Å². The fourth-order valence-corrected chi connectivity index (χ4v) is 2.70. The lowest BCUT2D eigenvalue weighted by Gasteiger charge is -2.18. The highest BCUT2D eigenvalue weighted by Crippen LogP contribution is 2.33. The quantitative estimate of drug-likeness (QED) is 0.806. The van der Waals surface area contributed by atoms with Crippen LogP contribution in [-0.2, 0) is 6.42 Å². The molecule has 0 atom stereocenters.